The molecule has 0 aromatic rings. The van der Waals surface area contributed by atoms with E-state index in [4.69, 9.17) is 0 Å². The molecule has 2 fully saturated rings. The van der Waals surface area contributed by atoms with Crippen LogP contribution in [0.1, 0.15) is 26.2 Å². The minimum absolute atomic E-state index is 0.223. The van der Waals surface area contributed by atoms with Gasteiger partial charge in [-0.15, -0.1) is 0 Å². The van der Waals surface area contributed by atoms with Crippen LogP contribution in [0.25, 0.3) is 0 Å². The largest absolute Gasteiger partial charge is 0.315 e. The molecule has 0 spiro atoms. The van der Waals surface area contributed by atoms with Gasteiger partial charge in [-0.3, -0.25) is 4.90 Å². The van der Waals surface area contributed by atoms with Crippen molar-refractivity contribution in [1.82, 2.24) is 14.5 Å². The molecular formula is C12H25N3O2S. The molecule has 0 amide bonds. The number of hydrogen-bond acceptors (Lipinski definition) is 4. The molecule has 2 rings (SSSR count). The van der Waals surface area contributed by atoms with E-state index >= 15 is 0 Å². The van der Waals surface area contributed by atoms with Crippen molar-refractivity contribution in [1.29, 1.82) is 0 Å². The van der Waals surface area contributed by atoms with Gasteiger partial charge >= 0.3 is 0 Å². The van der Waals surface area contributed by atoms with Crippen molar-refractivity contribution in [2.45, 2.75) is 37.5 Å². The molecule has 0 aromatic carbocycles. The lowest BCUT2D eigenvalue weighted by molar-refractivity contribution is 0.237. The van der Waals surface area contributed by atoms with Crippen molar-refractivity contribution in [3.05, 3.63) is 0 Å². The summed E-state index contributed by atoms with van der Waals surface area (Å²) in [4.78, 5) is 2.39. The van der Waals surface area contributed by atoms with Gasteiger partial charge in [-0.1, -0.05) is 6.92 Å². The molecule has 2 heterocycles. The van der Waals surface area contributed by atoms with E-state index in [2.05, 4.69) is 17.1 Å². The summed E-state index contributed by atoms with van der Waals surface area (Å²) in [5.74, 6) is 0. The van der Waals surface area contributed by atoms with Crippen LogP contribution in [0.15, 0.2) is 0 Å². The topological polar surface area (TPSA) is 52.7 Å². The number of rotatable bonds is 5. The average molecular weight is 275 g/mol. The lowest BCUT2D eigenvalue weighted by Gasteiger charge is -2.28. The molecule has 0 bridgehead atoms. The van der Waals surface area contributed by atoms with Crippen LogP contribution in [0.2, 0.25) is 0 Å². The zero-order valence-electron chi connectivity index (χ0n) is 11.4. The third kappa shape index (κ3) is 2.87. The molecule has 0 saturated carbocycles. The van der Waals surface area contributed by atoms with E-state index in [1.807, 2.05) is 0 Å². The minimum Gasteiger partial charge on any atom is -0.315 e. The Morgan fingerprint density at radius 2 is 2.17 bits per heavy atom. The summed E-state index contributed by atoms with van der Waals surface area (Å²) < 4.78 is 26.4. The summed E-state index contributed by atoms with van der Waals surface area (Å²) in [6, 6.07) is 0.407. The first-order valence-corrected chi connectivity index (χ1v) is 8.46. The summed E-state index contributed by atoms with van der Waals surface area (Å²) >= 11 is 0. The monoisotopic (exact) mass is 275 g/mol. The zero-order chi connectivity index (χ0) is 13.2. The number of nitrogens with one attached hydrogen (secondary N) is 1. The Morgan fingerprint density at radius 3 is 2.78 bits per heavy atom. The van der Waals surface area contributed by atoms with E-state index < -0.39 is 10.0 Å². The Hall–Kier alpha value is -0.170. The highest BCUT2D eigenvalue weighted by molar-refractivity contribution is 7.89. The maximum atomic E-state index is 12.4. The number of hydrogen-bond donors (Lipinski definition) is 1. The molecule has 0 aromatic heterocycles. The highest BCUT2D eigenvalue weighted by Gasteiger charge is 2.34. The van der Waals surface area contributed by atoms with Crippen LogP contribution in [0.3, 0.4) is 0 Å². The second-order valence-electron chi connectivity index (χ2n) is 5.36. The first-order chi connectivity index (χ1) is 8.55. The summed E-state index contributed by atoms with van der Waals surface area (Å²) in [6.07, 6.45) is 3.06. The van der Waals surface area contributed by atoms with Gasteiger partial charge in [-0.2, -0.15) is 0 Å². The second kappa shape index (κ2) is 5.86. The van der Waals surface area contributed by atoms with E-state index in [9.17, 15) is 8.42 Å². The molecule has 6 heteroatoms. The summed E-state index contributed by atoms with van der Waals surface area (Å²) in [5, 5.41) is 2.91. The number of nitrogens with zero attached hydrogens (tertiary/aromatic N) is 2. The summed E-state index contributed by atoms with van der Waals surface area (Å²) in [7, 11) is -1.38. The van der Waals surface area contributed by atoms with Crippen molar-refractivity contribution < 1.29 is 8.42 Å². The van der Waals surface area contributed by atoms with E-state index in [0.29, 0.717) is 19.1 Å². The molecule has 5 nitrogen and oxygen atoms in total. The maximum absolute atomic E-state index is 12.4. The first-order valence-electron chi connectivity index (χ1n) is 6.95. The Bertz CT molecular complexity index is 366. The smallest absolute Gasteiger partial charge is 0.218 e. The van der Waals surface area contributed by atoms with Gasteiger partial charge < -0.3 is 5.32 Å². The van der Waals surface area contributed by atoms with Crippen molar-refractivity contribution in [3.8, 4) is 0 Å². The highest BCUT2D eigenvalue weighted by atomic mass is 32.2. The van der Waals surface area contributed by atoms with Crippen LogP contribution in [0.4, 0.5) is 0 Å². The van der Waals surface area contributed by atoms with Gasteiger partial charge in [-0.05, 0) is 38.9 Å². The molecule has 0 aliphatic carbocycles. The SMILES string of the molecule is CCN1CCCC1CN(C)S(=O)(=O)C1CCNC1. The Morgan fingerprint density at radius 1 is 1.39 bits per heavy atom. The number of likely N-dealkylation sites (tertiary alicyclic amines) is 1. The normalized spacial score (nSPS) is 30.4. The lowest BCUT2D eigenvalue weighted by Crippen LogP contribution is -2.44. The van der Waals surface area contributed by atoms with Crippen LogP contribution < -0.4 is 5.32 Å². The molecule has 2 atom stereocenters. The predicted octanol–water partition coefficient (Wildman–Crippen LogP) is 0.0942. The molecule has 106 valence electrons. The van der Waals surface area contributed by atoms with Crippen molar-refractivity contribution in [2.75, 3.05) is 39.8 Å². The van der Waals surface area contributed by atoms with Crippen molar-refractivity contribution >= 4 is 10.0 Å². The fraction of sp³-hybridized carbons (Fsp3) is 1.00. The van der Waals surface area contributed by atoms with Crippen molar-refractivity contribution in [2.24, 2.45) is 0 Å². The standard InChI is InChI=1S/C12H25N3O2S/c1-3-15-8-4-5-11(15)10-14(2)18(16,17)12-6-7-13-9-12/h11-13H,3-10H2,1-2H3. The quantitative estimate of drug-likeness (QED) is 0.773. The lowest BCUT2D eigenvalue weighted by atomic mass is 10.2. The molecule has 2 aliphatic rings. The molecule has 2 saturated heterocycles. The van der Waals surface area contributed by atoms with E-state index in [0.717, 1.165) is 32.5 Å². The maximum Gasteiger partial charge on any atom is 0.218 e. The molecule has 18 heavy (non-hydrogen) atoms. The van der Waals surface area contributed by atoms with E-state index in [1.165, 1.54) is 6.42 Å². The van der Waals surface area contributed by atoms with Crippen molar-refractivity contribution in [3.63, 3.8) is 0 Å². The molecule has 2 unspecified atom stereocenters. The minimum atomic E-state index is -3.11. The summed E-state index contributed by atoms with van der Waals surface area (Å²) in [5.41, 5.74) is 0. The Balaban J connectivity index is 1.96. The van der Waals surface area contributed by atoms with E-state index in [1.54, 1.807) is 11.4 Å². The van der Waals surface area contributed by atoms with Crippen LogP contribution >= 0.6 is 0 Å². The highest BCUT2D eigenvalue weighted by Crippen LogP contribution is 2.20. The van der Waals surface area contributed by atoms with Crippen LogP contribution in [-0.2, 0) is 10.0 Å². The first kappa shape index (κ1) is 14.2. The fourth-order valence-electron chi connectivity index (χ4n) is 3.06. The fourth-order valence-corrected chi connectivity index (χ4v) is 4.69. The average Bonchev–Trinajstić information content (AvgIpc) is 2.99. The van der Waals surface area contributed by atoms with Gasteiger partial charge in [0.25, 0.3) is 0 Å². The van der Waals surface area contributed by atoms with Crippen LogP contribution in [0, 0.1) is 0 Å². The van der Waals surface area contributed by atoms with Gasteiger partial charge in [-0.25, -0.2) is 12.7 Å². The van der Waals surface area contributed by atoms with Gasteiger partial charge in [0.2, 0.25) is 10.0 Å². The molecule has 0 radical (unpaired) electrons. The Labute approximate surface area is 111 Å². The molecule has 1 N–H and O–H groups in total. The molecular weight excluding hydrogens is 250 g/mol. The van der Waals surface area contributed by atoms with Gasteiger partial charge in [0.15, 0.2) is 0 Å². The second-order valence-corrected chi connectivity index (χ2v) is 7.68. The van der Waals surface area contributed by atoms with Gasteiger partial charge in [0, 0.05) is 26.2 Å². The third-order valence-corrected chi connectivity index (χ3v) is 6.51. The molecule has 2 aliphatic heterocycles. The Kier molecular flexibility index (Phi) is 4.64. The van der Waals surface area contributed by atoms with Gasteiger partial charge in [0.1, 0.15) is 0 Å². The van der Waals surface area contributed by atoms with Gasteiger partial charge in [0.05, 0.1) is 5.25 Å². The zero-order valence-corrected chi connectivity index (χ0v) is 12.2. The number of sulfonamides is 1. The van der Waals surface area contributed by atoms with Crippen LogP contribution in [-0.4, -0.2) is 68.7 Å². The summed E-state index contributed by atoms with van der Waals surface area (Å²) in [6.45, 7) is 6.35. The third-order valence-electron chi connectivity index (χ3n) is 4.24. The predicted molar refractivity (Wildman–Crippen MR) is 73.1 cm³/mol. The van der Waals surface area contributed by atoms with E-state index in [-0.39, 0.29) is 5.25 Å². The number of likely N-dealkylation sites (N-methyl/N-ethyl adjacent to an activating group) is 2. The van der Waals surface area contributed by atoms with Crippen LogP contribution in [0.5, 0.6) is 0 Å².